The van der Waals surface area contributed by atoms with Gasteiger partial charge in [0.25, 0.3) is 11.6 Å². The molecule has 27 heavy (non-hydrogen) atoms. The molecule has 10 heteroatoms. The lowest BCUT2D eigenvalue weighted by atomic mass is 10.2. The van der Waals surface area contributed by atoms with E-state index in [4.69, 9.17) is 21.1 Å². The smallest absolute Gasteiger partial charge is 0.340 e. The molecule has 2 rings (SSSR count). The maximum Gasteiger partial charge on any atom is 0.340 e. The number of benzene rings is 2. The average Bonchev–Trinajstić information content (AvgIpc) is 2.66. The van der Waals surface area contributed by atoms with Crippen LogP contribution in [0.25, 0.3) is 0 Å². The summed E-state index contributed by atoms with van der Waals surface area (Å²) in [6.45, 7) is -0.623. The zero-order valence-corrected chi connectivity index (χ0v) is 15.9. The third kappa shape index (κ3) is 5.35. The number of carbonyl (C=O) groups is 2. The molecule has 8 nitrogen and oxygen atoms in total. The van der Waals surface area contributed by atoms with Crippen molar-refractivity contribution in [3.05, 3.63) is 57.1 Å². The lowest BCUT2D eigenvalue weighted by Gasteiger charge is -2.09. The summed E-state index contributed by atoms with van der Waals surface area (Å²) in [5, 5.41) is 13.7. The number of hydrogen-bond acceptors (Lipinski definition) is 7. The summed E-state index contributed by atoms with van der Waals surface area (Å²) in [5.41, 5.74) is -0.249. The van der Waals surface area contributed by atoms with Crippen LogP contribution in [0.15, 0.2) is 41.3 Å². The number of carbonyl (C=O) groups excluding carboxylic acids is 2. The fourth-order valence-corrected chi connectivity index (χ4v) is 2.71. The monoisotopic (exact) mass is 410 g/mol. The molecule has 0 spiro atoms. The van der Waals surface area contributed by atoms with Crippen molar-refractivity contribution in [2.24, 2.45) is 0 Å². The van der Waals surface area contributed by atoms with E-state index in [1.54, 1.807) is 18.2 Å². The lowest BCUT2D eigenvalue weighted by molar-refractivity contribution is -0.384. The van der Waals surface area contributed by atoms with Crippen molar-refractivity contribution in [1.82, 2.24) is 0 Å². The fourth-order valence-electron chi connectivity index (χ4n) is 2.08. The minimum absolute atomic E-state index is 0.0377. The molecule has 0 aliphatic heterocycles. The third-order valence-corrected chi connectivity index (χ3v) is 4.46. The quantitative estimate of drug-likeness (QED) is 0.320. The molecular weight excluding hydrogens is 396 g/mol. The maximum absolute atomic E-state index is 12.1. The van der Waals surface area contributed by atoms with E-state index in [2.05, 4.69) is 5.32 Å². The normalized spacial score (nSPS) is 10.2. The molecule has 1 amide bonds. The Labute approximate surface area is 163 Å². The van der Waals surface area contributed by atoms with Gasteiger partial charge >= 0.3 is 5.97 Å². The average molecular weight is 411 g/mol. The number of esters is 1. The predicted molar refractivity (Wildman–Crippen MR) is 102 cm³/mol. The number of nitrogens with one attached hydrogen (secondary N) is 1. The first-order valence-corrected chi connectivity index (χ1v) is 9.09. The Balaban J connectivity index is 2.05. The summed E-state index contributed by atoms with van der Waals surface area (Å²) in [6.07, 6.45) is 1.84. The molecule has 2 aromatic rings. The Morgan fingerprint density at radius 1 is 1.26 bits per heavy atom. The number of nitro benzene ring substituents is 1. The highest BCUT2D eigenvalue weighted by Crippen LogP contribution is 2.29. The number of nitro groups is 1. The van der Waals surface area contributed by atoms with Crippen LogP contribution in [0.3, 0.4) is 0 Å². The van der Waals surface area contributed by atoms with Crippen LogP contribution in [0, 0.1) is 10.1 Å². The van der Waals surface area contributed by atoms with E-state index >= 15 is 0 Å². The van der Waals surface area contributed by atoms with Crippen molar-refractivity contribution < 1.29 is 24.0 Å². The number of nitrogens with zero attached hydrogens (tertiary/aromatic N) is 1. The van der Waals surface area contributed by atoms with Crippen LogP contribution < -0.4 is 10.1 Å². The van der Waals surface area contributed by atoms with E-state index in [1.165, 1.54) is 37.1 Å². The number of rotatable bonds is 7. The Morgan fingerprint density at radius 2 is 2.00 bits per heavy atom. The van der Waals surface area contributed by atoms with Gasteiger partial charge in [0.2, 0.25) is 0 Å². The number of methoxy groups -OCH3 is 1. The summed E-state index contributed by atoms with van der Waals surface area (Å²) in [6, 6.07) is 8.83. The Hall–Kier alpha value is -2.78. The van der Waals surface area contributed by atoms with E-state index in [0.29, 0.717) is 0 Å². The fraction of sp³-hybridized carbons (Fsp3) is 0.176. The van der Waals surface area contributed by atoms with Gasteiger partial charge in [0, 0.05) is 4.90 Å². The molecule has 0 saturated carbocycles. The van der Waals surface area contributed by atoms with Gasteiger partial charge in [0.1, 0.15) is 11.4 Å². The third-order valence-electron chi connectivity index (χ3n) is 3.40. The SMILES string of the molecule is COc1ccc(NC(=O)COC(=O)c2cc(SC)ccc2Cl)c([N+](=O)[O-])c1. The number of thioether (sulfide) groups is 1. The second-order valence-corrected chi connectivity index (χ2v) is 6.40. The van der Waals surface area contributed by atoms with E-state index in [0.717, 1.165) is 4.90 Å². The molecule has 0 unspecified atom stereocenters. The molecule has 0 aromatic heterocycles. The molecule has 0 fully saturated rings. The minimum Gasteiger partial charge on any atom is -0.496 e. The summed E-state index contributed by atoms with van der Waals surface area (Å²) in [7, 11) is 1.37. The van der Waals surface area contributed by atoms with Crippen molar-refractivity contribution in [3.8, 4) is 5.75 Å². The molecule has 0 atom stereocenters. The Kier molecular flexibility index (Phi) is 7.03. The van der Waals surface area contributed by atoms with Crippen molar-refractivity contribution >= 4 is 46.6 Å². The molecule has 2 aromatic carbocycles. The van der Waals surface area contributed by atoms with Gasteiger partial charge in [-0.1, -0.05) is 11.6 Å². The molecule has 142 valence electrons. The van der Waals surface area contributed by atoms with Gasteiger partial charge in [-0.15, -0.1) is 11.8 Å². The molecule has 0 aliphatic carbocycles. The molecular formula is C17H15ClN2O6S. The molecule has 0 bridgehead atoms. The summed E-state index contributed by atoms with van der Waals surface area (Å²) < 4.78 is 9.87. The van der Waals surface area contributed by atoms with Crippen molar-refractivity contribution in [2.75, 3.05) is 25.3 Å². The summed E-state index contributed by atoms with van der Waals surface area (Å²) in [5.74, 6) is -1.22. The number of amides is 1. The van der Waals surface area contributed by atoms with E-state index in [9.17, 15) is 19.7 Å². The first-order chi connectivity index (χ1) is 12.8. The maximum atomic E-state index is 12.1. The molecule has 0 heterocycles. The number of ether oxygens (including phenoxy) is 2. The van der Waals surface area contributed by atoms with E-state index < -0.39 is 23.4 Å². The van der Waals surface area contributed by atoms with Gasteiger partial charge in [0.05, 0.1) is 28.7 Å². The molecule has 1 N–H and O–H groups in total. The van der Waals surface area contributed by atoms with Gasteiger partial charge in [-0.05, 0) is 36.6 Å². The first kappa shape index (κ1) is 20.5. The van der Waals surface area contributed by atoms with Gasteiger partial charge in [0.15, 0.2) is 6.61 Å². The van der Waals surface area contributed by atoms with Crippen LogP contribution >= 0.6 is 23.4 Å². The van der Waals surface area contributed by atoms with Crippen molar-refractivity contribution in [2.45, 2.75) is 4.90 Å². The number of hydrogen-bond donors (Lipinski definition) is 1. The number of halogens is 1. The Bertz CT molecular complexity index is 890. The molecule has 0 radical (unpaired) electrons. The van der Waals surface area contributed by atoms with Crippen LogP contribution in [0.1, 0.15) is 10.4 Å². The van der Waals surface area contributed by atoms with Crippen LogP contribution in [-0.4, -0.2) is 36.8 Å². The first-order valence-electron chi connectivity index (χ1n) is 7.48. The predicted octanol–water partition coefficient (Wildman–Crippen LogP) is 3.77. The van der Waals surface area contributed by atoms with Crippen LogP contribution in [0.2, 0.25) is 5.02 Å². The second-order valence-electron chi connectivity index (χ2n) is 5.11. The highest BCUT2D eigenvalue weighted by atomic mass is 35.5. The van der Waals surface area contributed by atoms with Crippen LogP contribution in [0.4, 0.5) is 11.4 Å². The lowest BCUT2D eigenvalue weighted by Crippen LogP contribution is -2.21. The highest BCUT2D eigenvalue weighted by molar-refractivity contribution is 7.98. The van der Waals surface area contributed by atoms with Gasteiger partial charge in [-0.3, -0.25) is 14.9 Å². The van der Waals surface area contributed by atoms with Crippen molar-refractivity contribution in [1.29, 1.82) is 0 Å². The highest BCUT2D eigenvalue weighted by Gasteiger charge is 2.19. The zero-order chi connectivity index (χ0) is 20.0. The van der Waals surface area contributed by atoms with Gasteiger partial charge in [-0.2, -0.15) is 0 Å². The topological polar surface area (TPSA) is 108 Å². The van der Waals surface area contributed by atoms with Crippen molar-refractivity contribution in [3.63, 3.8) is 0 Å². The van der Waals surface area contributed by atoms with Crippen LogP contribution in [-0.2, 0) is 9.53 Å². The number of anilines is 1. The minimum atomic E-state index is -0.768. The molecule has 0 aliphatic rings. The molecule has 0 saturated heterocycles. The Morgan fingerprint density at radius 3 is 2.63 bits per heavy atom. The zero-order valence-electron chi connectivity index (χ0n) is 14.4. The largest absolute Gasteiger partial charge is 0.496 e. The second kappa shape index (κ2) is 9.24. The summed E-state index contributed by atoms with van der Waals surface area (Å²) in [4.78, 5) is 35.4. The summed E-state index contributed by atoms with van der Waals surface area (Å²) >= 11 is 7.40. The van der Waals surface area contributed by atoms with E-state index in [1.807, 2.05) is 6.26 Å². The standard InChI is InChI=1S/C17H15ClN2O6S/c1-25-10-3-6-14(15(7-10)20(23)24)19-16(21)9-26-17(22)12-8-11(27-2)4-5-13(12)18/h3-8H,9H2,1-2H3,(H,19,21). The van der Waals surface area contributed by atoms with Gasteiger partial charge < -0.3 is 14.8 Å². The van der Waals surface area contributed by atoms with E-state index in [-0.39, 0.29) is 27.7 Å². The van der Waals surface area contributed by atoms with Crippen LogP contribution in [0.5, 0.6) is 5.75 Å². The van der Waals surface area contributed by atoms with Gasteiger partial charge in [-0.25, -0.2) is 4.79 Å².